The summed E-state index contributed by atoms with van der Waals surface area (Å²) in [6, 6.07) is 8.72. The fraction of sp³-hybridized carbons (Fsp3) is 0.0714. The summed E-state index contributed by atoms with van der Waals surface area (Å²) >= 11 is 0. The molecule has 0 radical (unpaired) electrons. The Balaban J connectivity index is 2.16. The van der Waals surface area contributed by atoms with Gasteiger partial charge in [0.1, 0.15) is 5.75 Å². The van der Waals surface area contributed by atoms with Crippen LogP contribution in [0.3, 0.4) is 0 Å². The smallest absolute Gasteiger partial charge is 0.347 e. The van der Waals surface area contributed by atoms with Crippen LogP contribution in [0.1, 0.15) is 0 Å². The van der Waals surface area contributed by atoms with Crippen LogP contribution in [0.25, 0.3) is 22.4 Å². The van der Waals surface area contributed by atoms with E-state index in [1.165, 1.54) is 6.20 Å². The molecule has 0 fully saturated rings. The average Bonchev–Trinajstić information content (AvgIpc) is 2.47. The van der Waals surface area contributed by atoms with E-state index >= 15 is 0 Å². The molecule has 0 bridgehead atoms. The van der Waals surface area contributed by atoms with Crippen molar-refractivity contribution in [2.24, 2.45) is 0 Å². The van der Waals surface area contributed by atoms with Crippen molar-refractivity contribution in [2.45, 2.75) is 0 Å². The van der Waals surface area contributed by atoms with Crippen molar-refractivity contribution < 1.29 is 9.15 Å². The fourth-order valence-corrected chi connectivity index (χ4v) is 1.78. The lowest BCUT2D eigenvalue weighted by Crippen LogP contribution is -2.03. The van der Waals surface area contributed by atoms with E-state index in [1.807, 2.05) is 0 Å². The molecule has 2 aromatic heterocycles. The Kier molecular flexibility index (Phi) is 2.72. The topological polar surface area (TPSA) is 65.2 Å². The van der Waals surface area contributed by atoms with Gasteiger partial charge in [0.05, 0.1) is 24.2 Å². The predicted molar refractivity (Wildman–Crippen MR) is 70.1 cm³/mol. The van der Waals surface area contributed by atoms with Gasteiger partial charge in [0, 0.05) is 11.8 Å². The molecule has 1 aromatic carbocycles. The van der Waals surface area contributed by atoms with Gasteiger partial charge in [-0.2, -0.15) is 0 Å². The van der Waals surface area contributed by atoms with Crippen LogP contribution in [0.5, 0.6) is 5.75 Å². The highest BCUT2D eigenvalue weighted by Gasteiger charge is 2.08. The SMILES string of the molecule is COc1ccc(-c2nc3cnccc3c(=O)o2)cc1. The van der Waals surface area contributed by atoms with Gasteiger partial charge < -0.3 is 9.15 Å². The maximum absolute atomic E-state index is 11.8. The Bertz CT molecular complexity index is 779. The van der Waals surface area contributed by atoms with Gasteiger partial charge in [0.2, 0.25) is 5.89 Å². The molecular weight excluding hydrogens is 244 g/mol. The van der Waals surface area contributed by atoms with Gasteiger partial charge in [-0.3, -0.25) is 4.98 Å². The van der Waals surface area contributed by atoms with Gasteiger partial charge in [0.25, 0.3) is 0 Å². The maximum atomic E-state index is 11.8. The molecule has 0 N–H and O–H groups in total. The zero-order chi connectivity index (χ0) is 13.2. The molecular formula is C14H10N2O3. The number of aromatic nitrogens is 2. The molecule has 0 aliphatic carbocycles. The molecule has 3 aromatic rings. The Morgan fingerprint density at radius 3 is 2.68 bits per heavy atom. The average molecular weight is 254 g/mol. The van der Waals surface area contributed by atoms with E-state index in [2.05, 4.69) is 9.97 Å². The number of fused-ring (bicyclic) bond motifs is 1. The maximum Gasteiger partial charge on any atom is 0.347 e. The van der Waals surface area contributed by atoms with Crippen LogP contribution in [-0.2, 0) is 0 Å². The molecule has 3 rings (SSSR count). The molecule has 0 aliphatic heterocycles. The fourth-order valence-electron chi connectivity index (χ4n) is 1.78. The van der Waals surface area contributed by atoms with E-state index in [-0.39, 0.29) is 5.89 Å². The summed E-state index contributed by atoms with van der Waals surface area (Å²) in [5, 5.41) is 0.423. The minimum absolute atomic E-state index is 0.271. The van der Waals surface area contributed by atoms with Gasteiger partial charge in [-0.15, -0.1) is 0 Å². The molecule has 0 atom stereocenters. The van der Waals surface area contributed by atoms with Crippen molar-refractivity contribution in [1.82, 2.24) is 9.97 Å². The largest absolute Gasteiger partial charge is 0.497 e. The zero-order valence-electron chi connectivity index (χ0n) is 10.2. The lowest BCUT2D eigenvalue weighted by atomic mass is 10.2. The Labute approximate surface area is 108 Å². The lowest BCUT2D eigenvalue weighted by Gasteiger charge is -2.02. The summed E-state index contributed by atoms with van der Waals surface area (Å²) in [6.45, 7) is 0. The number of ether oxygens (including phenoxy) is 1. The summed E-state index contributed by atoms with van der Waals surface area (Å²) in [5.74, 6) is 1.00. The van der Waals surface area contributed by atoms with Crippen LogP contribution >= 0.6 is 0 Å². The summed E-state index contributed by atoms with van der Waals surface area (Å²) in [7, 11) is 1.59. The molecule has 0 saturated heterocycles. The first kappa shape index (κ1) is 11.4. The van der Waals surface area contributed by atoms with E-state index in [0.717, 1.165) is 5.75 Å². The molecule has 94 valence electrons. The van der Waals surface area contributed by atoms with E-state index < -0.39 is 5.63 Å². The number of nitrogens with zero attached hydrogens (tertiary/aromatic N) is 2. The first-order valence-corrected chi connectivity index (χ1v) is 5.67. The number of pyridine rings is 1. The molecule has 5 heteroatoms. The number of methoxy groups -OCH3 is 1. The van der Waals surface area contributed by atoms with Gasteiger partial charge in [0.15, 0.2) is 0 Å². The number of hydrogen-bond acceptors (Lipinski definition) is 5. The van der Waals surface area contributed by atoms with E-state index in [0.29, 0.717) is 16.5 Å². The second-order valence-corrected chi connectivity index (χ2v) is 3.93. The number of benzene rings is 1. The molecule has 0 saturated carbocycles. The second kappa shape index (κ2) is 4.53. The van der Waals surface area contributed by atoms with Gasteiger partial charge in [-0.1, -0.05) is 0 Å². The van der Waals surface area contributed by atoms with E-state index in [4.69, 9.17) is 9.15 Å². The lowest BCUT2D eigenvalue weighted by molar-refractivity contribution is 0.415. The molecule has 0 spiro atoms. The first-order chi connectivity index (χ1) is 9.28. The molecule has 0 unspecified atom stereocenters. The minimum atomic E-state index is -0.418. The first-order valence-electron chi connectivity index (χ1n) is 5.67. The van der Waals surface area contributed by atoms with Crippen LogP contribution in [0.2, 0.25) is 0 Å². The molecule has 0 aliphatic rings. The van der Waals surface area contributed by atoms with Gasteiger partial charge in [-0.05, 0) is 30.3 Å². The highest BCUT2D eigenvalue weighted by atomic mass is 16.5. The summed E-state index contributed by atoms with van der Waals surface area (Å²) in [4.78, 5) is 20.1. The standard InChI is InChI=1S/C14H10N2O3/c1-18-10-4-2-9(3-5-10)13-16-12-8-15-7-6-11(12)14(17)19-13/h2-8H,1H3. The Morgan fingerprint density at radius 1 is 1.16 bits per heavy atom. The van der Waals surface area contributed by atoms with Crippen LogP contribution in [0.15, 0.2) is 51.9 Å². The minimum Gasteiger partial charge on any atom is -0.497 e. The molecule has 0 amide bonds. The van der Waals surface area contributed by atoms with Gasteiger partial charge >= 0.3 is 5.63 Å². The number of hydrogen-bond donors (Lipinski definition) is 0. The van der Waals surface area contributed by atoms with Crippen molar-refractivity contribution in [2.75, 3.05) is 7.11 Å². The summed E-state index contributed by atoms with van der Waals surface area (Å²) in [5.41, 5.74) is 0.812. The van der Waals surface area contributed by atoms with Crippen molar-refractivity contribution >= 4 is 10.9 Å². The van der Waals surface area contributed by atoms with Crippen LogP contribution in [0.4, 0.5) is 0 Å². The van der Waals surface area contributed by atoms with Crippen molar-refractivity contribution in [3.8, 4) is 17.2 Å². The third-order valence-electron chi connectivity index (χ3n) is 2.77. The second-order valence-electron chi connectivity index (χ2n) is 3.93. The van der Waals surface area contributed by atoms with E-state index in [1.54, 1.807) is 43.6 Å². The third kappa shape index (κ3) is 2.06. The predicted octanol–water partition coefficient (Wildman–Crippen LogP) is 2.26. The summed E-state index contributed by atoms with van der Waals surface area (Å²) in [6.07, 6.45) is 3.08. The van der Waals surface area contributed by atoms with Crippen molar-refractivity contribution in [3.05, 3.63) is 53.1 Å². The third-order valence-corrected chi connectivity index (χ3v) is 2.77. The van der Waals surface area contributed by atoms with Gasteiger partial charge in [-0.25, -0.2) is 9.78 Å². The molecule has 19 heavy (non-hydrogen) atoms. The van der Waals surface area contributed by atoms with Crippen LogP contribution < -0.4 is 10.4 Å². The quantitative estimate of drug-likeness (QED) is 0.701. The van der Waals surface area contributed by atoms with Crippen molar-refractivity contribution in [1.29, 1.82) is 0 Å². The highest BCUT2D eigenvalue weighted by molar-refractivity contribution is 5.77. The molecule has 2 heterocycles. The molecule has 5 nitrogen and oxygen atoms in total. The van der Waals surface area contributed by atoms with E-state index in [9.17, 15) is 4.79 Å². The monoisotopic (exact) mass is 254 g/mol. The highest BCUT2D eigenvalue weighted by Crippen LogP contribution is 2.21. The number of rotatable bonds is 2. The van der Waals surface area contributed by atoms with Crippen LogP contribution in [0, 0.1) is 0 Å². The van der Waals surface area contributed by atoms with Crippen molar-refractivity contribution in [3.63, 3.8) is 0 Å². The Hall–Kier alpha value is -2.69. The Morgan fingerprint density at radius 2 is 1.95 bits per heavy atom. The normalized spacial score (nSPS) is 10.6. The zero-order valence-corrected chi connectivity index (χ0v) is 10.2. The van der Waals surface area contributed by atoms with Crippen LogP contribution in [-0.4, -0.2) is 17.1 Å². The summed E-state index contributed by atoms with van der Waals surface area (Å²) < 4.78 is 10.3.